The first kappa shape index (κ1) is 11.4. The highest BCUT2D eigenvalue weighted by atomic mass is 79.9. The number of rotatable bonds is 3. The second-order valence-corrected chi connectivity index (χ2v) is 4.60. The highest BCUT2D eigenvalue weighted by Gasteiger charge is 2.10. The molecule has 0 bridgehead atoms. The summed E-state index contributed by atoms with van der Waals surface area (Å²) in [5.74, 6) is 0. The van der Waals surface area contributed by atoms with Crippen LogP contribution in [0.1, 0.15) is 24.2 Å². The van der Waals surface area contributed by atoms with Crippen molar-refractivity contribution < 1.29 is 5.11 Å². The van der Waals surface area contributed by atoms with Crippen molar-refractivity contribution in [3.63, 3.8) is 0 Å². The fourth-order valence-electron chi connectivity index (χ4n) is 1.73. The van der Waals surface area contributed by atoms with Crippen LogP contribution in [0.3, 0.4) is 0 Å². The van der Waals surface area contributed by atoms with Gasteiger partial charge in [0.15, 0.2) is 0 Å². The van der Waals surface area contributed by atoms with Crippen molar-refractivity contribution in [1.29, 1.82) is 0 Å². The first-order valence-corrected chi connectivity index (χ1v) is 5.88. The summed E-state index contributed by atoms with van der Waals surface area (Å²) in [6, 6.07) is 8.31. The zero-order chi connectivity index (χ0) is 11.5. The molecule has 0 saturated carbocycles. The second kappa shape index (κ2) is 4.80. The van der Waals surface area contributed by atoms with Crippen molar-refractivity contribution in [2.24, 2.45) is 0 Å². The van der Waals surface area contributed by atoms with Gasteiger partial charge in [0, 0.05) is 4.47 Å². The van der Waals surface area contributed by atoms with Gasteiger partial charge in [-0.15, -0.1) is 0 Å². The minimum absolute atomic E-state index is 0.0122. The monoisotopic (exact) mass is 280 g/mol. The summed E-state index contributed by atoms with van der Waals surface area (Å²) in [6.45, 7) is 2.10. The van der Waals surface area contributed by atoms with E-state index in [1.165, 1.54) is 5.56 Å². The minimum Gasteiger partial charge on any atom is -0.390 e. The molecule has 0 aliphatic rings. The molecule has 1 unspecified atom stereocenters. The number of benzene rings is 1. The maximum absolute atomic E-state index is 9.19. The number of aliphatic hydroxyl groups excluding tert-OH is 1. The van der Waals surface area contributed by atoms with Crippen LogP contribution in [0.4, 0.5) is 0 Å². The lowest BCUT2D eigenvalue weighted by atomic mass is 10.1. The number of imidazole rings is 1. The van der Waals surface area contributed by atoms with Crippen molar-refractivity contribution in [2.75, 3.05) is 0 Å². The summed E-state index contributed by atoms with van der Waals surface area (Å²) in [5.41, 5.74) is 2.01. The molecule has 1 aromatic carbocycles. The molecule has 2 aromatic rings. The van der Waals surface area contributed by atoms with Gasteiger partial charge in [-0.05, 0) is 24.6 Å². The Bertz CT molecular complexity index is 481. The van der Waals surface area contributed by atoms with E-state index in [9.17, 15) is 5.11 Å². The molecular formula is C12H13BrN2O. The van der Waals surface area contributed by atoms with E-state index in [4.69, 9.17) is 0 Å². The fraction of sp³-hybridized carbons (Fsp3) is 0.250. The Kier molecular flexibility index (Phi) is 3.41. The van der Waals surface area contributed by atoms with Gasteiger partial charge in [-0.25, -0.2) is 4.98 Å². The van der Waals surface area contributed by atoms with Gasteiger partial charge in [0.05, 0.1) is 30.9 Å². The Balaban J connectivity index is 2.35. The van der Waals surface area contributed by atoms with Gasteiger partial charge in [0.2, 0.25) is 0 Å². The van der Waals surface area contributed by atoms with E-state index in [2.05, 4.69) is 40.0 Å². The predicted octanol–water partition coefficient (Wildman–Crippen LogP) is 2.75. The van der Waals surface area contributed by atoms with Crippen LogP contribution in [-0.4, -0.2) is 14.7 Å². The van der Waals surface area contributed by atoms with E-state index in [1.54, 1.807) is 12.5 Å². The van der Waals surface area contributed by atoms with Crippen molar-refractivity contribution in [3.05, 3.63) is 52.5 Å². The summed E-state index contributed by atoms with van der Waals surface area (Å²) >= 11 is 3.46. The standard InChI is InChI=1S/C12H13BrN2O/c1-9(10-3-2-4-11(13)5-10)15-8-14-6-12(15)7-16/h2-6,8-9,16H,7H2,1H3. The van der Waals surface area contributed by atoms with Gasteiger partial charge in [0.25, 0.3) is 0 Å². The Morgan fingerprint density at radius 2 is 2.31 bits per heavy atom. The number of hydrogen-bond acceptors (Lipinski definition) is 2. The Hall–Kier alpha value is -1.13. The van der Waals surface area contributed by atoms with Crippen LogP contribution < -0.4 is 0 Å². The number of aliphatic hydroxyl groups is 1. The fourth-order valence-corrected chi connectivity index (χ4v) is 2.15. The van der Waals surface area contributed by atoms with E-state index < -0.39 is 0 Å². The summed E-state index contributed by atoms with van der Waals surface area (Å²) < 4.78 is 3.03. The van der Waals surface area contributed by atoms with E-state index in [-0.39, 0.29) is 12.6 Å². The zero-order valence-electron chi connectivity index (χ0n) is 8.97. The minimum atomic E-state index is 0.0122. The molecule has 0 fully saturated rings. The molecule has 2 rings (SSSR count). The van der Waals surface area contributed by atoms with E-state index >= 15 is 0 Å². The Morgan fingerprint density at radius 3 is 3.00 bits per heavy atom. The molecule has 0 radical (unpaired) electrons. The molecule has 1 N–H and O–H groups in total. The van der Waals surface area contributed by atoms with Crippen LogP contribution in [0.15, 0.2) is 41.3 Å². The number of halogens is 1. The van der Waals surface area contributed by atoms with Crippen molar-refractivity contribution in [1.82, 2.24) is 9.55 Å². The molecule has 0 saturated heterocycles. The third kappa shape index (κ3) is 2.18. The molecule has 0 spiro atoms. The molecule has 0 amide bonds. The summed E-state index contributed by atoms with van der Waals surface area (Å²) in [4.78, 5) is 4.05. The molecular weight excluding hydrogens is 268 g/mol. The lowest BCUT2D eigenvalue weighted by molar-refractivity contribution is 0.269. The van der Waals surface area contributed by atoms with Gasteiger partial charge < -0.3 is 9.67 Å². The molecule has 1 aromatic heterocycles. The first-order chi connectivity index (χ1) is 7.72. The smallest absolute Gasteiger partial charge is 0.0954 e. The zero-order valence-corrected chi connectivity index (χ0v) is 10.6. The van der Waals surface area contributed by atoms with E-state index in [0.717, 1.165) is 10.2 Å². The highest BCUT2D eigenvalue weighted by molar-refractivity contribution is 9.10. The number of aromatic nitrogens is 2. The number of nitrogens with zero attached hydrogens (tertiary/aromatic N) is 2. The average molecular weight is 281 g/mol. The van der Waals surface area contributed by atoms with Crippen molar-refractivity contribution in [2.45, 2.75) is 19.6 Å². The third-order valence-corrected chi connectivity index (χ3v) is 3.15. The Morgan fingerprint density at radius 1 is 1.50 bits per heavy atom. The largest absolute Gasteiger partial charge is 0.390 e. The predicted molar refractivity (Wildman–Crippen MR) is 66.1 cm³/mol. The summed E-state index contributed by atoms with van der Waals surface area (Å²) in [7, 11) is 0. The van der Waals surface area contributed by atoms with Crippen LogP contribution in [0, 0.1) is 0 Å². The van der Waals surface area contributed by atoms with E-state index in [1.807, 2.05) is 16.7 Å². The lowest BCUT2D eigenvalue weighted by Crippen LogP contribution is -2.09. The summed E-state index contributed by atoms with van der Waals surface area (Å²) in [6.07, 6.45) is 3.44. The average Bonchev–Trinajstić information content (AvgIpc) is 2.76. The van der Waals surface area contributed by atoms with Gasteiger partial charge in [-0.3, -0.25) is 0 Å². The van der Waals surface area contributed by atoms with Crippen LogP contribution >= 0.6 is 15.9 Å². The van der Waals surface area contributed by atoms with Gasteiger partial charge >= 0.3 is 0 Å². The quantitative estimate of drug-likeness (QED) is 0.939. The van der Waals surface area contributed by atoms with Crippen LogP contribution in [-0.2, 0) is 6.61 Å². The molecule has 1 atom stereocenters. The molecule has 4 heteroatoms. The molecule has 0 aliphatic carbocycles. The molecule has 84 valence electrons. The van der Waals surface area contributed by atoms with Crippen LogP contribution in [0.5, 0.6) is 0 Å². The van der Waals surface area contributed by atoms with Gasteiger partial charge in [-0.2, -0.15) is 0 Å². The van der Waals surface area contributed by atoms with Crippen molar-refractivity contribution >= 4 is 15.9 Å². The summed E-state index contributed by atoms with van der Waals surface area (Å²) in [5, 5.41) is 9.19. The maximum Gasteiger partial charge on any atom is 0.0954 e. The van der Waals surface area contributed by atoms with Crippen molar-refractivity contribution in [3.8, 4) is 0 Å². The molecule has 1 heterocycles. The van der Waals surface area contributed by atoms with Crippen LogP contribution in [0.2, 0.25) is 0 Å². The molecule has 0 aliphatic heterocycles. The van der Waals surface area contributed by atoms with Gasteiger partial charge in [-0.1, -0.05) is 28.1 Å². The normalized spacial score (nSPS) is 12.7. The second-order valence-electron chi connectivity index (χ2n) is 3.68. The van der Waals surface area contributed by atoms with Gasteiger partial charge in [0.1, 0.15) is 0 Å². The topological polar surface area (TPSA) is 38.0 Å². The molecule has 3 nitrogen and oxygen atoms in total. The van der Waals surface area contributed by atoms with Crippen LogP contribution in [0.25, 0.3) is 0 Å². The SMILES string of the molecule is CC(c1cccc(Br)c1)n1cncc1CO. The molecule has 16 heavy (non-hydrogen) atoms. The first-order valence-electron chi connectivity index (χ1n) is 5.09. The van der Waals surface area contributed by atoms with E-state index in [0.29, 0.717) is 0 Å². The number of hydrogen-bond donors (Lipinski definition) is 1. The lowest BCUT2D eigenvalue weighted by Gasteiger charge is -2.16. The highest BCUT2D eigenvalue weighted by Crippen LogP contribution is 2.22. The third-order valence-electron chi connectivity index (χ3n) is 2.66. The maximum atomic E-state index is 9.19. The Labute approximate surface area is 103 Å².